The lowest BCUT2D eigenvalue weighted by Gasteiger charge is -2.15. The molecule has 2 nitrogen and oxygen atoms in total. The molecule has 0 spiro atoms. The van der Waals surface area contributed by atoms with Gasteiger partial charge in [0.25, 0.3) is 0 Å². The third kappa shape index (κ3) is 2.72. The molecule has 0 radical (unpaired) electrons. The van der Waals surface area contributed by atoms with Crippen molar-refractivity contribution in [1.82, 2.24) is 4.98 Å². The summed E-state index contributed by atoms with van der Waals surface area (Å²) < 4.78 is 0. The largest absolute Gasteiger partial charge is 0.356 e. The Labute approximate surface area is 87.0 Å². The van der Waals surface area contributed by atoms with Crippen LogP contribution in [0.4, 0.5) is 5.82 Å². The number of hydrogen-bond donors (Lipinski definition) is 0. The van der Waals surface area contributed by atoms with Crippen LogP contribution >= 0.6 is 0 Å². The van der Waals surface area contributed by atoms with Crippen molar-refractivity contribution >= 4 is 5.82 Å². The summed E-state index contributed by atoms with van der Waals surface area (Å²) in [6.07, 6.45) is 3.16. The smallest absolute Gasteiger partial charge is 0.128 e. The lowest BCUT2D eigenvalue weighted by Crippen LogP contribution is -2.19. The maximum Gasteiger partial charge on any atom is 0.128 e. The summed E-state index contributed by atoms with van der Waals surface area (Å²) >= 11 is 0. The van der Waals surface area contributed by atoms with E-state index in [9.17, 15) is 0 Å². The Kier molecular flexibility index (Phi) is 4.44. The molecule has 2 rings (SSSR count). The first-order chi connectivity index (χ1) is 6.86. The predicted molar refractivity (Wildman–Crippen MR) is 61.6 cm³/mol. The van der Waals surface area contributed by atoms with Gasteiger partial charge in [-0.2, -0.15) is 0 Å². The number of rotatable bonds is 1. The van der Waals surface area contributed by atoms with Crippen molar-refractivity contribution in [3.05, 3.63) is 24.4 Å². The number of pyridine rings is 1. The van der Waals surface area contributed by atoms with Crippen LogP contribution in [-0.4, -0.2) is 18.1 Å². The minimum Gasteiger partial charge on any atom is -0.356 e. The van der Waals surface area contributed by atoms with Crippen molar-refractivity contribution in [2.24, 2.45) is 5.92 Å². The normalized spacial score (nSPS) is 20.2. The lowest BCUT2D eigenvalue weighted by atomic mass is 10.2. The van der Waals surface area contributed by atoms with E-state index in [1.165, 1.54) is 6.42 Å². The highest BCUT2D eigenvalue weighted by atomic mass is 15.2. The molecule has 0 N–H and O–H groups in total. The summed E-state index contributed by atoms with van der Waals surface area (Å²) in [7, 11) is 0. The van der Waals surface area contributed by atoms with Crippen molar-refractivity contribution < 1.29 is 0 Å². The summed E-state index contributed by atoms with van der Waals surface area (Å²) in [5.41, 5.74) is 0. The van der Waals surface area contributed by atoms with E-state index in [0.717, 1.165) is 24.8 Å². The SMILES string of the molecule is CC.CC1CCN(c2ccccn2)C1. The molecule has 1 aliphatic rings. The van der Waals surface area contributed by atoms with Crippen molar-refractivity contribution in [2.75, 3.05) is 18.0 Å². The van der Waals surface area contributed by atoms with Gasteiger partial charge >= 0.3 is 0 Å². The van der Waals surface area contributed by atoms with Gasteiger partial charge in [-0.15, -0.1) is 0 Å². The Morgan fingerprint density at radius 2 is 2.14 bits per heavy atom. The van der Waals surface area contributed by atoms with Gasteiger partial charge in [-0.05, 0) is 24.5 Å². The molecule has 1 fully saturated rings. The van der Waals surface area contributed by atoms with Gasteiger partial charge in [-0.1, -0.05) is 26.8 Å². The molecule has 2 heteroatoms. The third-order valence-electron chi connectivity index (χ3n) is 2.40. The predicted octanol–water partition coefficient (Wildman–Crippen LogP) is 2.95. The third-order valence-corrected chi connectivity index (χ3v) is 2.40. The summed E-state index contributed by atoms with van der Waals surface area (Å²) in [5, 5.41) is 0. The number of nitrogens with zero attached hydrogens (tertiary/aromatic N) is 2. The summed E-state index contributed by atoms with van der Waals surface area (Å²) in [6.45, 7) is 8.62. The number of aromatic nitrogens is 1. The molecular weight excluding hydrogens is 172 g/mol. The fourth-order valence-electron chi connectivity index (χ4n) is 1.68. The zero-order valence-electron chi connectivity index (χ0n) is 9.40. The molecule has 0 amide bonds. The van der Waals surface area contributed by atoms with Crippen LogP contribution in [-0.2, 0) is 0 Å². The van der Waals surface area contributed by atoms with E-state index in [-0.39, 0.29) is 0 Å². The summed E-state index contributed by atoms with van der Waals surface area (Å²) in [4.78, 5) is 6.67. The van der Waals surface area contributed by atoms with E-state index in [0.29, 0.717) is 0 Å². The number of anilines is 1. The van der Waals surface area contributed by atoms with Gasteiger partial charge < -0.3 is 4.90 Å². The molecule has 1 atom stereocenters. The molecule has 1 saturated heterocycles. The fraction of sp³-hybridized carbons (Fsp3) is 0.583. The second kappa shape index (κ2) is 5.63. The Hall–Kier alpha value is -1.05. The van der Waals surface area contributed by atoms with Gasteiger partial charge in [-0.3, -0.25) is 0 Å². The maximum absolute atomic E-state index is 4.32. The first-order valence-corrected chi connectivity index (χ1v) is 5.52. The summed E-state index contributed by atoms with van der Waals surface area (Å²) in [6, 6.07) is 6.09. The van der Waals surface area contributed by atoms with Crippen LogP contribution in [0.5, 0.6) is 0 Å². The molecule has 1 aliphatic heterocycles. The van der Waals surface area contributed by atoms with Gasteiger partial charge in [0.2, 0.25) is 0 Å². The van der Waals surface area contributed by atoms with E-state index in [1.54, 1.807) is 0 Å². The minimum absolute atomic E-state index is 0.826. The van der Waals surface area contributed by atoms with Crippen LogP contribution in [0.2, 0.25) is 0 Å². The molecule has 0 aliphatic carbocycles. The first kappa shape index (κ1) is 11.0. The van der Waals surface area contributed by atoms with E-state index < -0.39 is 0 Å². The van der Waals surface area contributed by atoms with Crippen molar-refractivity contribution in [1.29, 1.82) is 0 Å². The van der Waals surface area contributed by atoms with E-state index >= 15 is 0 Å². The van der Waals surface area contributed by atoms with Gasteiger partial charge in [0.15, 0.2) is 0 Å². The highest BCUT2D eigenvalue weighted by Crippen LogP contribution is 2.20. The fourth-order valence-corrected chi connectivity index (χ4v) is 1.68. The molecule has 1 aromatic heterocycles. The van der Waals surface area contributed by atoms with Crippen molar-refractivity contribution in [3.8, 4) is 0 Å². The quantitative estimate of drug-likeness (QED) is 0.680. The highest BCUT2D eigenvalue weighted by Gasteiger charge is 2.18. The average Bonchev–Trinajstić information content (AvgIpc) is 2.69. The van der Waals surface area contributed by atoms with Crippen LogP contribution in [0.15, 0.2) is 24.4 Å². The molecule has 2 heterocycles. The van der Waals surface area contributed by atoms with E-state index in [1.807, 2.05) is 32.2 Å². The Balaban J connectivity index is 0.000000461. The van der Waals surface area contributed by atoms with Crippen LogP contribution in [0.1, 0.15) is 27.2 Å². The molecule has 78 valence electrons. The lowest BCUT2D eigenvalue weighted by molar-refractivity contribution is 0.659. The van der Waals surface area contributed by atoms with Gasteiger partial charge in [-0.25, -0.2) is 4.98 Å². The second-order valence-electron chi connectivity index (χ2n) is 3.53. The molecule has 14 heavy (non-hydrogen) atoms. The minimum atomic E-state index is 0.826. The topological polar surface area (TPSA) is 16.1 Å². The van der Waals surface area contributed by atoms with Crippen LogP contribution < -0.4 is 4.90 Å². The molecule has 0 saturated carbocycles. The second-order valence-corrected chi connectivity index (χ2v) is 3.53. The Bertz CT molecular complexity index is 246. The summed E-state index contributed by atoms with van der Waals surface area (Å²) in [5.74, 6) is 1.95. The van der Waals surface area contributed by atoms with Crippen LogP contribution in [0.25, 0.3) is 0 Å². The molecule has 0 aromatic carbocycles. The van der Waals surface area contributed by atoms with Crippen LogP contribution in [0, 0.1) is 5.92 Å². The standard InChI is InChI=1S/C10H14N2.C2H6/c1-9-5-7-12(8-9)10-4-2-3-6-11-10;1-2/h2-4,6,9H,5,7-8H2,1H3;1-2H3. The van der Waals surface area contributed by atoms with Crippen LogP contribution in [0.3, 0.4) is 0 Å². The number of hydrogen-bond acceptors (Lipinski definition) is 2. The van der Waals surface area contributed by atoms with Crippen molar-refractivity contribution in [2.45, 2.75) is 27.2 Å². The highest BCUT2D eigenvalue weighted by molar-refractivity contribution is 5.38. The molecule has 1 unspecified atom stereocenters. The van der Waals surface area contributed by atoms with Gasteiger partial charge in [0.1, 0.15) is 5.82 Å². The Morgan fingerprint density at radius 3 is 2.64 bits per heavy atom. The maximum atomic E-state index is 4.32. The molecule has 0 bridgehead atoms. The molecule has 1 aromatic rings. The molecular formula is C12H20N2. The monoisotopic (exact) mass is 192 g/mol. The van der Waals surface area contributed by atoms with Crippen molar-refractivity contribution in [3.63, 3.8) is 0 Å². The first-order valence-electron chi connectivity index (χ1n) is 5.52. The average molecular weight is 192 g/mol. The van der Waals surface area contributed by atoms with E-state index in [2.05, 4.69) is 22.9 Å². The zero-order valence-corrected chi connectivity index (χ0v) is 9.40. The zero-order chi connectivity index (χ0) is 10.4. The van der Waals surface area contributed by atoms with E-state index in [4.69, 9.17) is 0 Å². The van der Waals surface area contributed by atoms with Gasteiger partial charge in [0, 0.05) is 19.3 Å². The van der Waals surface area contributed by atoms with Gasteiger partial charge in [0.05, 0.1) is 0 Å². The Morgan fingerprint density at radius 1 is 1.36 bits per heavy atom.